The third-order valence-electron chi connectivity index (χ3n) is 5.48. The lowest BCUT2D eigenvalue weighted by Gasteiger charge is -2.19. The number of aromatic nitrogens is 1. The number of carbonyl (C=O) groups is 2. The monoisotopic (exact) mass is 501 g/mol. The fraction of sp³-hybridized carbons (Fsp3) is 0.318. The van der Waals surface area contributed by atoms with Crippen LogP contribution in [0.25, 0.3) is 6.08 Å². The number of hydrogen-bond acceptors (Lipinski definition) is 9. The summed E-state index contributed by atoms with van der Waals surface area (Å²) in [7, 11) is 0. The van der Waals surface area contributed by atoms with Gasteiger partial charge in [0.1, 0.15) is 16.0 Å². The van der Waals surface area contributed by atoms with Gasteiger partial charge in [0.25, 0.3) is 11.5 Å². The number of hydrogen-bond donors (Lipinski definition) is 1. The molecule has 2 aliphatic heterocycles. The molecule has 8 nitrogen and oxygen atoms in total. The molecule has 0 saturated carbocycles. The maximum absolute atomic E-state index is 13.2. The lowest BCUT2D eigenvalue weighted by atomic mass is 10.0. The number of pyridine rings is 1. The Morgan fingerprint density at radius 3 is 2.88 bits per heavy atom. The summed E-state index contributed by atoms with van der Waals surface area (Å²) in [6.45, 7) is 1.61. The molecule has 2 fully saturated rings. The number of thiocarbonyl (C=S) groups is 1. The van der Waals surface area contributed by atoms with Gasteiger partial charge in [0.05, 0.1) is 29.7 Å². The molecule has 2 aromatic rings. The predicted molar refractivity (Wildman–Crippen MR) is 129 cm³/mol. The van der Waals surface area contributed by atoms with E-state index in [1.807, 2.05) is 23.6 Å². The fourth-order valence-corrected chi connectivity index (χ4v) is 5.79. The van der Waals surface area contributed by atoms with Gasteiger partial charge in [-0.1, -0.05) is 30.0 Å². The maximum atomic E-state index is 13.2. The average molecular weight is 502 g/mol. The molecular formula is C22H19N3O5S3. The third kappa shape index (κ3) is 4.52. The summed E-state index contributed by atoms with van der Waals surface area (Å²) in [5.74, 6) is -1.55. The van der Waals surface area contributed by atoms with Gasteiger partial charge in [-0.25, -0.2) is 0 Å². The van der Waals surface area contributed by atoms with Crippen molar-refractivity contribution >= 4 is 57.4 Å². The predicted octanol–water partition coefficient (Wildman–Crippen LogP) is 3.06. The smallest absolute Gasteiger partial charge is 0.271 e. The van der Waals surface area contributed by atoms with Crippen LogP contribution in [-0.4, -0.2) is 49.8 Å². The molecule has 1 atom stereocenters. The molecule has 170 valence electrons. The largest absolute Gasteiger partial charge is 0.494 e. The number of ketones is 1. The quantitative estimate of drug-likeness (QED) is 0.365. The van der Waals surface area contributed by atoms with Gasteiger partial charge in [-0.15, -0.1) is 11.3 Å². The van der Waals surface area contributed by atoms with E-state index in [-0.39, 0.29) is 33.7 Å². The summed E-state index contributed by atoms with van der Waals surface area (Å²) < 4.78 is 6.78. The normalized spacial score (nSPS) is 19.5. The van der Waals surface area contributed by atoms with E-state index < -0.39 is 29.7 Å². The molecule has 1 unspecified atom stereocenters. The molecule has 11 heteroatoms. The van der Waals surface area contributed by atoms with Crippen molar-refractivity contribution in [2.75, 3.05) is 13.2 Å². The van der Waals surface area contributed by atoms with Gasteiger partial charge in [-0.05, 0) is 42.9 Å². The maximum Gasteiger partial charge on any atom is 0.271 e. The van der Waals surface area contributed by atoms with Crippen LogP contribution in [0.15, 0.2) is 27.2 Å². The lowest BCUT2D eigenvalue weighted by molar-refractivity contribution is -0.121. The second kappa shape index (κ2) is 9.61. The summed E-state index contributed by atoms with van der Waals surface area (Å²) in [6.07, 6.45) is 2.96. The molecule has 0 aliphatic carbocycles. The minimum atomic E-state index is -0.677. The number of thioether (sulfide) groups is 1. The van der Waals surface area contributed by atoms with Crippen molar-refractivity contribution in [3.63, 3.8) is 0 Å². The molecule has 2 aromatic heterocycles. The van der Waals surface area contributed by atoms with E-state index >= 15 is 0 Å². The number of aromatic hydroxyl groups is 1. The van der Waals surface area contributed by atoms with Crippen molar-refractivity contribution in [2.24, 2.45) is 0 Å². The topological polar surface area (TPSA) is 113 Å². The number of thiophene rings is 1. The van der Waals surface area contributed by atoms with Gasteiger partial charge in [0.2, 0.25) is 5.88 Å². The highest BCUT2D eigenvalue weighted by atomic mass is 32.2. The highest BCUT2D eigenvalue weighted by molar-refractivity contribution is 8.26. The van der Waals surface area contributed by atoms with Gasteiger partial charge >= 0.3 is 0 Å². The Labute approximate surface area is 203 Å². The molecular weight excluding hydrogens is 482 g/mol. The van der Waals surface area contributed by atoms with Crippen LogP contribution >= 0.6 is 35.3 Å². The molecule has 0 spiro atoms. The van der Waals surface area contributed by atoms with Crippen molar-refractivity contribution in [1.29, 1.82) is 5.26 Å². The first-order valence-electron chi connectivity index (χ1n) is 10.1. The number of carbonyl (C=O) groups excluding carboxylic acids is 2. The van der Waals surface area contributed by atoms with E-state index in [2.05, 4.69) is 0 Å². The first kappa shape index (κ1) is 23.4. The van der Waals surface area contributed by atoms with Crippen molar-refractivity contribution < 1.29 is 19.4 Å². The van der Waals surface area contributed by atoms with Crippen LogP contribution in [-0.2, 0) is 16.1 Å². The highest BCUT2D eigenvalue weighted by Crippen LogP contribution is 2.34. The van der Waals surface area contributed by atoms with Crippen molar-refractivity contribution in [3.05, 3.63) is 54.3 Å². The minimum absolute atomic E-state index is 0.0323. The number of ether oxygens (including phenoxy) is 1. The highest BCUT2D eigenvalue weighted by Gasteiger charge is 2.35. The minimum Gasteiger partial charge on any atom is -0.494 e. The molecule has 0 bridgehead atoms. The summed E-state index contributed by atoms with van der Waals surface area (Å²) in [5, 5.41) is 22.3. The molecule has 0 radical (unpaired) electrons. The summed E-state index contributed by atoms with van der Waals surface area (Å²) >= 11 is 7.88. The van der Waals surface area contributed by atoms with Gasteiger partial charge in [-0.2, -0.15) is 5.26 Å². The van der Waals surface area contributed by atoms with Crippen LogP contribution in [0.4, 0.5) is 0 Å². The molecule has 4 heterocycles. The molecule has 2 saturated heterocycles. The van der Waals surface area contributed by atoms with Gasteiger partial charge in [-0.3, -0.25) is 23.9 Å². The summed E-state index contributed by atoms with van der Waals surface area (Å²) in [5.41, 5.74) is -0.991. The molecule has 4 rings (SSSR count). The standard InChI is InChI=1S/C22H19N3O5S3/c1-12-15(9-23)19(27)24(10-13-4-2-6-30-13)21(29)18(12)16(26)11-25-20(28)17(33-22(25)31)8-14-5-3-7-32-14/h3,5,7-8,13,29H,2,4,6,10-11H2,1H3/b17-8-. The van der Waals surface area contributed by atoms with E-state index in [0.29, 0.717) is 17.9 Å². The molecule has 1 amide bonds. The average Bonchev–Trinajstić information content (AvgIpc) is 3.52. The Hall–Kier alpha value is -2.78. The van der Waals surface area contributed by atoms with Gasteiger partial charge in [0, 0.05) is 11.5 Å². The van der Waals surface area contributed by atoms with Crippen LogP contribution in [0.3, 0.4) is 0 Å². The van der Waals surface area contributed by atoms with E-state index in [9.17, 15) is 24.8 Å². The number of nitrogens with zero attached hydrogens (tertiary/aromatic N) is 3. The lowest BCUT2D eigenvalue weighted by Crippen LogP contribution is -2.35. The first-order chi connectivity index (χ1) is 15.8. The molecule has 2 aliphatic rings. The molecule has 33 heavy (non-hydrogen) atoms. The van der Waals surface area contributed by atoms with Gasteiger partial charge in [0.15, 0.2) is 5.78 Å². The van der Waals surface area contributed by atoms with Crippen LogP contribution in [0.1, 0.15) is 39.2 Å². The van der Waals surface area contributed by atoms with Crippen LogP contribution < -0.4 is 5.56 Å². The number of amides is 1. The molecule has 0 aromatic carbocycles. The number of Topliss-reactive ketones (excluding diaryl/α,β-unsaturated/α-hetero) is 1. The second-order valence-corrected chi connectivity index (χ2v) is 10.2. The Kier molecular flexibility index (Phi) is 6.81. The van der Waals surface area contributed by atoms with E-state index in [1.54, 1.807) is 6.08 Å². The van der Waals surface area contributed by atoms with E-state index in [0.717, 1.165) is 27.6 Å². The van der Waals surface area contributed by atoms with Crippen molar-refractivity contribution in [1.82, 2.24) is 9.47 Å². The van der Waals surface area contributed by atoms with Gasteiger partial charge < -0.3 is 9.84 Å². The second-order valence-electron chi connectivity index (χ2n) is 7.57. The Balaban J connectivity index is 1.65. The SMILES string of the molecule is Cc1c(C(=O)CN2C(=O)/C(=C/c3cccs3)SC2=S)c(O)n(CC2CCCO2)c(=O)c1C#N. The zero-order chi connectivity index (χ0) is 23.7. The fourth-order valence-electron chi connectivity index (χ4n) is 3.81. The van der Waals surface area contributed by atoms with Crippen LogP contribution in [0, 0.1) is 18.3 Å². The van der Waals surface area contributed by atoms with Crippen LogP contribution in [0.5, 0.6) is 5.88 Å². The van der Waals surface area contributed by atoms with Crippen molar-refractivity contribution in [2.45, 2.75) is 32.4 Å². The van der Waals surface area contributed by atoms with E-state index in [4.69, 9.17) is 17.0 Å². The van der Waals surface area contributed by atoms with E-state index in [1.165, 1.54) is 23.2 Å². The van der Waals surface area contributed by atoms with Crippen molar-refractivity contribution in [3.8, 4) is 11.9 Å². The Morgan fingerprint density at radius 2 is 2.24 bits per heavy atom. The molecule has 1 N–H and O–H groups in total. The zero-order valence-electron chi connectivity index (χ0n) is 17.6. The number of nitriles is 1. The zero-order valence-corrected chi connectivity index (χ0v) is 20.0. The third-order valence-corrected chi connectivity index (χ3v) is 7.68. The Morgan fingerprint density at radius 1 is 1.45 bits per heavy atom. The summed E-state index contributed by atoms with van der Waals surface area (Å²) in [6, 6.07) is 5.57. The summed E-state index contributed by atoms with van der Waals surface area (Å²) in [4.78, 5) is 41.3. The van der Waals surface area contributed by atoms with Crippen LogP contribution in [0.2, 0.25) is 0 Å². The number of rotatable bonds is 6. The first-order valence-corrected chi connectivity index (χ1v) is 12.2. The Bertz CT molecular complexity index is 1270.